The molecule has 19 heteroatoms. The zero-order valence-corrected chi connectivity index (χ0v) is 66.2. The fourth-order valence-corrected chi connectivity index (χ4v) is 13.6. The number of esters is 4. The molecule has 0 bridgehead atoms. The Morgan fingerprint density at radius 3 is 0.724 bits per heavy atom. The zero-order chi connectivity index (χ0) is 72.4. The van der Waals surface area contributed by atoms with Gasteiger partial charge in [0.2, 0.25) is 0 Å². The van der Waals surface area contributed by atoms with E-state index in [2.05, 4.69) is 55.4 Å². The van der Waals surface area contributed by atoms with E-state index in [0.717, 1.165) is 114 Å². The molecule has 6 atom stereocenters. The summed E-state index contributed by atoms with van der Waals surface area (Å²) in [4.78, 5) is 72.9. The highest BCUT2D eigenvalue weighted by Gasteiger charge is 2.30. The molecule has 3 N–H and O–H groups in total. The van der Waals surface area contributed by atoms with Gasteiger partial charge in [-0.25, -0.2) is 9.13 Å². The van der Waals surface area contributed by atoms with Gasteiger partial charge in [-0.2, -0.15) is 0 Å². The third kappa shape index (κ3) is 71.1. The molecule has 0 aliphatic rings. The van der Waals surface area contributed by atoms with Crippen LogP contribution < -0.4 is 0 Å². The normalized spacial score (nSPS) is 14.3. The van der Waals surface area contributed by atoms with Crippen molar-refractivity contribution in [3.05, 3.63) is 0 Å². The molecule has 0 aliphatic heterocycles. The molecule has 0 saturated heterocycles. The first-order valence-corrected chi connectivity index (χ1v) is 43.7. The summed E-state index contributed by atoms with van der Waals surface area (Å²) < 4.78 is 68.6. The van der Waals surface area contributed by atoms with Crippen LogP contribution in [-0.2, 0) is 65.4 Å². The molecule has 98 heavy (non-hydrogen) atoms. The Morgan fingerprint density at radius 2 is 0.490 bits per heavy atom. The van der Waals surface area contributed by atoms with Crippen molar-refractivity contribution in [1.29, 1.82) is 0 Å². The van der Waals surface area contributed by atoms with Crippen molar-refractivity contribution in [2.45, 2.75) is 420 Å². The average molecular weight is 1440 g/mol. The van der Waals surface area contributed by atoms with Gasteiger partial charge in [0.25, 0.3) is 0 Å². The molecule has 0 aliphatic carbocycles. The zero-order valence-electron chi connectivity index (χ0n) is 64.4. The highest BCUT2D eigenvalue weighted by atomic mass is 31.2. The molecule has 582 valence electrons. The van der Waals surface area contributed by atoms with Crippen LogP contribution in [0.1, 0.15) is 402 Å². The topological polar surface area (TPSA) is 237 Å². The number of aliphatic hydroxyl groups excluding tert-OH is 1. The van der Waals surface area contributed by atoms with E-state index >= 15 is 0 Å². The molecule has 0 amide bonds. The van der Waals surface area contributed by atoms with Gasteiger partial charge in [-0.15, -0.1) is 0 Å². The van der Waals surface area contributed by atoms with Gasteiger partial charge < -0.3 is 33.8 Å². The van der Waals surface area contributed by atoms with Crippen LogP contribution in [0.3, 0.4) is 0 Å². The highest BCUT2D eigenvalue weighted by molar-refractivity contribution is 7.47. The van der Waals surface area contributed by atoms with Crippen LogP contribution in [0, 0.1) is 23.7 Å². The fraction of sp³-hybridized carbons (Fsp3) is 0.949. The van der Waals surface area contributed by atoms with Crippen LogP contribution >= 0.6 is 15.6 Å². The summed E-state index contributed by atoms with van der Waals surface area (Å²) in [6.07, 6.45) is 54.3. The largest absolute Gasteiger partial charge is 0.472 e. The smallest absolute Gasteiger partial charge is 0.462 e. The summed E-state index contributed by atoms with van der Waals surface area (Å²) >= 11 is 0. The Bertz CT molecular complexity index is 1920. The maximum Gasteiger partial charge on any atom is 0.472 e. The number of carbonyl (C=O) groups excluding carboxylic acids is 4. The minimum absolute atomic E-state index is 0.105. The molecule has 0 rings (SSSR count). The lowest BCUT2D eigenvalue weighted by Crippen LogP contribution is -2.30. The number of aliphatic hydroxyl groups is 1. The number of phosphoric ester groups is 2. The monoisotopic (exact) mass is 1440 g/mol. The molecule has 0 fully saturated rings. The maximum absolute atomic E-state index is 13.1. The van der Waals surface area contributed by atoms with E-state index in [-0.39, 0.29) is 25.7 Å². The molecule has 0 aromatic carbocycles. The summed E-state index contributed by atoms with van der Waals surface area (Å²) in [7, 11) is -9.92. The minimum atomic E-state index is -4.96. The van der Waals surface area contributed by atoms with E-state index in [1.165, 1.54) is 199 Å². The highest BCUT2D eigenvalue weighted by Crippen LogP contribution is 2.45. The molecular weight excluding hydrogens is 1280 g/mol. The second kappa shape index (κ2) is 68.2. The number of hydrogen-bond donors (Lipinski definition) is 3. The van der Waals surface area contributed by atoms with E-state index in [1.807, 2.05) is 0 Å². The second-order valence-electron chi connectivity index (χ2n) is 30.1. The van der Waals surface area contributed by atoms with Crippen molar-refractivity contribution in [3.8, 4) is 0 Å². The first kappa shape index (κ1) is 96.1. The lowest BCUT2D eigenvalue weighted by Gasteiger charge is -2.21. The van der Waals surface area contributed by atoms with Crippen LogP contribution in [0.15, 0.2) is 0 Å². The molecule has 0 saturated carbocycles. The molecular formula is C79H154O17P2. The van der Waals surface area contributed by atoms with Crippen molar-refractivity contribution in [3.63, 3.8) is 0 Å². The number of carbonyl (C=O) groups is 4. The summed E-state index contributed by atoms with van der Waals surface area (Å²) in [6.45, 7) is 14.2. The van der Waals surface area contributed by atoms with E-state index in [0.29, 0.717) is 31.6 Å². The second-order valence-corrected chi connectivity index (χ2v) is 33.0. The predicted octanol–water partition coefficient (Wildman–Crippen LogP) is 23.2. The maximum atomic E-state index is 13.1. The number of rotatable bonds is 76. The Morgan fingerprint density at radius 1 is 0.286 bits per heavy atom. The van der Waals surface area contributed by atoms with Gasteiger partial charge in [0.1, 0.15) is 19.3 Å². The molecule has 0 spiro atoms. The molecule has 0 radical (unpaired) electrons. The average Bonchev–Trinajstić information content (AvgIpc) is 1.27. The molecule has 17 nitrogen and oxygen atoms in total. The van der Waals surface area contributed by atoms with E-state index < -0.39 is 97.5 Å². The number of ether oxygens (including phenoxy) is 4. The van der Waals surface area contributed by atoms with Crippen molar-refractivity contribution >= 4 is 39.5 Å². The predicted molar refractivity (Wildman–Crippen MR) is 400 cm³/mol. The molecule has 4 unspecified atom stereocenters. The van der Waals surface area contributed by atoms with Crippen molar-refractivity contribution < 1.29 is 80.2 Å². The SMILES string of the molecule is CCC(C)CCCCCCCCCCCCCCCCCCCCC(=O)OC[C@H](COP(=O)(O)OCC(O)COP(=O)(O)OC[C@@H](COC(=O)CCCCCCCCCC(C)C)OC(=O)CCCCCCCCCCCCCCC(C)C)OC(=O)CCCCCCCCCCC(C)C. The molecule has 0 heterocycles. The Balaban J connectivity index is 5.15. The molecule has 0 aromatic heterocycles. The van der Waals surface area contributed by atoms with Gasteiger partial charge in [-0.3, -0.25) is 37.3 Å². The van der Waals surface area contributed by atoms with Gasteiger partial charge in [0, 0.05) is 25.7 Å². The Hall–Kier alpha value is -1.94. The van der Waals surface area contributed by atoms with Crippen LogP contribution in [0.5, 0.6) is 0 Å². The van der Waals surface area contributed by atoms with Crippen LogP contribution in [-0.4, -0.2) is 96.7 Å². The van der Waals surface area contributed by atoms with Gasteiger partial charge in [-0.05, 0) is 49.4 Å². The first-order valence-electron chi connectivity index (χ1n) is 40.7. The summed E-state index contributed by atoms with van der Waals surface area (Å²) in [5.41, 5.74) is 0. The van der Waals surface area contributed by atoms with Gasteiger partial charge in [0.05, 0.1) is 26.4 Å². The quantitative estimate of drug-likeness (QED) is 0.0222. The van der Waals surface area contributed by atoms with Gasteiger partial charge in [-0.1, -0.05) is 351 Å². The standard InChI is InChI=1S/C79H154O17P2/c1-9-72(8)58-50-42-34-25-21-16-14-12-10-11-13-15-17-22-26-35-43-51-59-76(81)89-65-74(96-79(84)62-54-46-37-29-28-32-40-48-56-70(4)5)67-93-97(85,86)91-63-73(80)64-92-98(87,88)94-68-75(66-90-77(82)60-52-44-38-30-33-41-49-57-71(6)7)95-78(83)61-53-45-36-27-23-19-18-20-24-31-39-47-55-69(2)3/h69-75,80H,9-68H2,1-8H3,(H,85,86)(H,87,88)/t72?,73?,74-,75-/m1/s1. The van der Waals surface area contributed by atoms with Gasteiger partial charge in [0.15, 0.2) is 12.2 Å². The first-order chi connectivity index (χ1) is 47.1. The lowest BCUT2D eigenvalue weighted by molar-refractivity contribution is -0.161. The molecule has 0 aromatic rings. The van der Waals surface area contributed by atoms with Crippen molar-refractivity contribution in [1.82, 2.24) is 0 Å². The summed E-state index contributed by atoms with van der Waals surface area (Å²) in [5, 5.41) is 10.6. The number of phosphoric acid groups is 2. The third-order valence-electron chi connectivity index (χ3n) is 18.7. The minimum Gasteiger partial charge on any atom is -0.462 e. The Labute approximate surface area is 600 Å². The fourth-order valence-electron chi connectivity index (χ4n) is 12.0. The number of unbranched alkanes of at least 4 members (excludes halogenated alkanes) is 41. The van der Waals surface area contributed by atoms with E-state index in [1.54, 1.807) is 0 Å². The van der Waals surface area contributed by atoms with Crippen LogP contribution in [0.2, 0.25) is 0 Å². The van der Waals surface area contributed by atoms with E-state index in [4.69, 9.17) is 37.0 Å². The van der Waals surface area contributed by atoms with Crippen LogP contribution in [0.25, 0.3) is 0 Å². The van der Waals surface area contributed by atoms with Gasteiger partial charge >= 0.3 is 39.5 Å². The van der Waals surface area contributed by atoms with Crippen LogP contribution in [0.4, 0.5) is 0 Å². The lowest BCUT2D eigenvalue weighted by atomic mass is 9.99. The van der Waals surface area contributed by atoms with E-state index in [9.17, 15) is 43.2 Å². The number of hydrogen-bond acceptors (Lipinski definition) is 15. The summed E-state index contributed by atoms with van der Waals surface area (Å²) in [6, 6.07) is 0. The van der Waals surface area contributed by atoms with Crippen molar-refractivity contribution in [2.24, 2.45) is 23.7 Å². The Kier molecular flexibility index (Phi) is 66.8. The third-order valence-corrected chi connectivity index (χ3v) is 20.6. The summed E-state index contributed by atoms with van der Waals surface area (Å²) in [5.74, 6) is 0.953. The van der Waals surface area contributed by atoms with Crippen molar-refractivity contribution in [2.75, 3.05) is 39.6 Å².